The first-order valence-electron chi connectivity index (χ1n) is 18.0. The Morgan fingerprint density at radius 2 is 1.54 bits per heavy atom. The number of halogens is 3. The van der Waals surface area contributed by atoms with E-state index in [0.29, 0.717) is 33.3 Å². The number of esters is 1. The van der Waals surface area contributed by atoms with Crippen molar-refractivity contribution in [3.05, 3.63) is 143 Å². The Kier molecular flexibility index (Phi) is 16.9. The number of hydrogen-bond acceptors (Lipinski definition) is 8. The molecule has 1 N–H and O–H groups in total. The lowest BCUT2D eigenvalue weighted by atomic mass is 9.99. The van der Waals surface area contributed by atoms with E-state index in [1.165, 1.54) is 31.0 Å². The molecule has 5 rings (SSSR count). The molecule has 8 nitrogen and oxygen atoms in total. The highest BCUT2D eigenvalue weighted by atomic mass is 32.2. The third kappa shape index (κ3) is 12.8. The molecule has 298 valence electrons. The zero-order chi connectivity index (χ0) is 41.4. The van der Waals surface area contributed by atoms with Gasteiger partial charge in [0, 0.05) is 23.0 Å². The molecule has 0 heterocycles. The number of amides is 1. The summed E-state index contributed by atoms with van der Waals surface area (Å²) >= 11 is 1.37. The van der Waals surface area contributed by atoms with Gasteiger partial charge in [0.15, 0.2) is 0 Å². The summed E-state index contributed by atoms with van der Waals surface area (Å²) in [7, 11) is 0.292. The molecule has 5 aromatic carbocycles. The van der Waals surface area contributed by atoms with Crippen LogP contribution in [0.2, 0.25) is 0 Å². The zero-order valence-electron chi connectivity index (χ0n) is 31.9. The normalized spacial score (nSPS) is 12.0. The van der Waals surface area contributed by atoms with Crippen molar-refractivity contribution in [1.29, 1.82) is 5.26 Å². The van der Waals surface area contributed by atoms with Gasteiger partial charge in [0.05, 0.1) is 56.3 Å². The van der Waals surface area contributed by atoms with Gasteiger partial charge in [-0.15, -0.1) is 11.8 Å². The summed E-state index contributed by atoms with van der Waals surface area (Å²) in [4.78, 5) is 26.1. The molecule has 2 atom stereocenters. The molecule has 0 aliphatic heterocycles. The molecule has 0 fully saturated rings. The molecule has 0 saturated carbocycles. The van der Waals surface area contributed by atoms with Crippen molar-refractivity contribution < 1.29 is 41.2 Å². The lowest BCUT2D eigenvalue weighted by molar-refractivity contribution is -0.137. The summed E-state index contributed by atoms with van der Waals surface area (Å²) < 4.78 is 68.7. The minimum atomic E-state index is -4.59. The Morgan fingerprint density at radius 1 is 0.877 bits per heavy atom. The van der Waals surface area contributed by atoms with Gasteiger partial charge in [-0.1, -0.05) is 87.5 Å². The quantitative estimate of drug-likeness (QED) is 0.0631. The Bertz CT molecular complexity index is 2190. The molecule has 0 saturated heterocycles. The number of nitrogens with zero attached hydrogens (tertiary/aromatic N) is 1. The Balaban J connectivity index is 0.000000253. The van der Waals surface area contributed by atoms with Gasteiger partial charge in [0.2, 0.25) is 0 Å². The van der Waals surface area contributed by atoms with E-state index >= 15 is 0 Å². The van der Waals surface area contributed by atoms with E-state index in [-0.39, 0.29) is 35.5 Å². The van der Waals surface area contributed by atoms with Gasteiger partial charge in [-0.05, 0) is 71.6 Å². The fourth-order valence-electron chi connectivity index (χ4n) is 5.29. The number of ether oxygens (including phenoxy) is 3. The summed E-state index contributed by atoms with van der Waals surface area (Å²) in [5, 5.41) is 11.8. The van der Waals surface area contributed by atoms with E-state index < -0.39 is 34.4 Å². The molecule has 0 radical (unpaired) electrons. The first kappa shape index (κ1) is 44.3. The lowest BCUT2D eigenvalue weighted by Gasteiger charge is -2.17. The molecule has 0 aliphatic rings. The highest BCUT2D eigenvalue weighted by Gasteiger charge is 2.34. The molecule has 2 unspecified atom stereocenters. The minimum Gasteiger partial charge on any atom is -0.490 e. The number of methoxy groups -OCH3 is 1. The van der Waals surface area contributed by atoms with Crippen molar-refractivity contribution in [2.45, 2.75) is 55.0 Å². The van der Waals surface area contributed by atoms with Gasteiger partial charge in [-0.2, -0.15) is 18.4 Å². The maximum absolute atomic E-state index is 13.6. The molecule has 1 amide bonds. The molecule has 0 bridgehead atoms. The number of carbonyl (C=O) groups is 2. The fraction of sp³-hybridized carbons (Fsp3) is 0.250. The minimum absolute atomic E-state index is 0.117. The predicted octanol–water partition coefficient (Wildman–Crippen LogP) is 10.6. The molecular weight excluding hydrogens is 774 g/mol. The highest BCUT2D eigenvalue weighted by molar-refractivity contribution is 8.00. The first-order chi connectivity index (χ1) is 27.4. The number of rotatable bonds is 15. The Morgan fingerprint density at radius 3 is 2.21 bits per heavy atom. The van der Waals surface area contributed by atoms with Gasteiger partial charge in [-0.3, -0.25) is 9.00 Å². The maximum Gasteiger partial charge on any atom is 0.418 e. The molecule has 57 heavy (non-hydrogen) atoms. The Labute approximate surface area is 337 Å². The van der Waals surface area contributed by atoms with Crippen molar-refractivity contribution in [2.75, 3.05) is 31.4 Å². The smallest absolute Gasteiger partial charge is 0.418 e. The van der Waals surface area contributed by atoms with Crippen LogP contribution >= 0.6 is 11.8 Å². The average Bonchev–Trinajstić information content (AvgIpc) is 3.23. The average molecular weight is 817 g/mol. The van der Waals surface area contributed by atoms with Crippen LogP contribution in [0.1, 0.15) is 64.6 Å². The van der Waals surface area contributed by atoms with Gasteiger partial charge in [-0.25, -0.2) is 4.79 Å². The summed E-state index contributed by atoms with van der Waals surface area (Å²) in [6.07, 6.45) is -3.76. The molecular formula is C44H43F3N2O6S2. The standard InChI is InChI=1S/C23H19NO3S.C21H24F3NO3S/c1-2-28(26)22-10-6-5-9-21(22)23(25)27-16-17-11-13-18(14-12-17)20-8-4-3-7-19(20)15-24;1-4-14(2)29-15-9-10-18(17(13-15)21(22,23)24)25-20(26)16-7-5-6-8-19(16)28-12-11-27-3/h3-14H,2,16H2,1H3;5-10,13-14H,4,11-12H2,1-3H3,(H,25,26). The number of para-hydroxylation sites is 1. The summed E-state index contributed by atoms with van der Waals surface area (Å²) in [5.74, 6) is -0.447. The number of alkyl halides is 3. The third-order valence-electron chi connectivity index (χ3n) is 8.43. The zero-order valence-corrected chi connectivity index (χ0v) is 33.6. The summed E-state index contributed by atoms with van der Waals surface area (Å²) in [6, 6.07) is 34.3. The second kappa shape index (κ2) is 21.8. The molecule has 0 aromatic heterocycles. The highest BCUT2D eigenvalue weighted by Crippen LogP contribution is 2.39. The van der Waals surface area contributed by atoms with Crippen molar-refractivity contribution in [3.63, 3.8) is 0 Å². The van der Waals surface area contributed by atoms with Crippen molar-refractivity contribution in [1.82, 2.24) is 0 Å². The van der Waals surface area contributed by atoms with Crippen LogP contribution in [0.4, 0.5) is 18.9 Å². The van der Waals surface area contributed by atoms with E-state index in [1.54, 1.807) is 54.6 Å². The number of thioether (sulfide) groups is 1. The number of carbonyl (C=O) groups excluding carboxylic acids is 2. The molecule has 0 spiro atoms. The second-order valence-corrected chi connectivity index (χ2v) is 15.6. The van der Waals surface area contributed by atoms with Crippen LogP contribution in [-0.2, 0) is 33.1 Å². The van der Waals surface area contributed by atoms with Gasteiger partial charge in [0.1, 0.15) is 19.0 Å². The van der Waals surface area contributed by atoms with Crippen LogP contribution in [0, 0.1) is 11.3 Å². The topological polar surface area (TPSA) is 115 Å². The fourth-order valence-corrected chi connectivity index (χ4v) is 7.19. The monoisotopic (exact) mass is 816 g/mol. The molecule has 5 aromatic rings. The van der Waals surface area contributed by atoms with Crippen molar-refractivity contribution in [2.24, 2.45) is 0 Å². The largest absolute Gasteiger partial charge is 0.490 e. The van der Waals surface area contributed by atoms with E-state index in [1.807, 2.05) is 63.2 Å². The lowest BCUT2D eigenvalue weighted by Crippen LogP contribution is -2.18. The van der Waals surface area contributed by atoms with E-state index in [4.69, 9.17) is 14.2 Å². The number of nitrogens with one attached hydrogen (secondary N) is 1. The molecule has 13 heteroatoms. The van der Waals surface area contributed by atoms with Crippen LogP contribution < -0.4 is 10.1 Å². The van der Waals surface area contributed by atoms with Crippen molar-refractivity contribution >= 4 is 40.1 Å². The molecule has 0 aliphatic carbocycles. The van der Waals surface area contributed by atoms with Crippen LogP contribution in [0.25, 0.3) is 11.1 Å². The Hall–Kier alpha value is -5.42. The van der Waals surface area contributed by atoms with Gasteiger partial charge < -0.3 is 19.5 Å². The van der Waals surface area contributed by atoms with Crippen LogP contribution in [0.15, 0.2) is 125 Å². The van der Waals surface area contributed by atoms with Gasteiger partial charge in [0.25, 0.3) is 5.91 Å². The van der Waals surface area contributed by atoms with Crippen LogP contribution in [0.3, 0.4) is 0 Å². The van der Waals surface area contributed by atoms with E-state index in [2.05, 4.69) is 11.4 Å². The number of anilines is 1. The first-order valence-corrected chi connectivity index (χ1v) is 20.2. The van der Waals surface area contributed by atoms with Gasteiger partial charge >= 0.3 is 12.1 Å². The maximum atomic E-state index is 13.6. The van der Waals surface area contributed by atoms with Crippen molar-refractivity contribution in [3.8, 4) is 22.9 Å². The van der Waals surface area contributed by atoms with Crippen LogP contribution in [0.5, 0.6) is 5.75 Å². The number of nitriles is 1. The number of hydrogen-bond donors (Lipinski definition) is 1. The van der Waals surface area contributed by atoms with E-state index in [9.17, 15) is 32.2 Å². The van der Waals surface area contributed by atoms with Crippen LogP contribution in [-0.4, -0.2) is 47.4 Å². The third-order valence-corrected chi connectivity index (χ3v) is 11.1. The number of benzene rings is 5. The van der Waals surface area contributed by atoms with E-state index in [0.717, 1.165) is 29.2 Å². The summed E-state index contributed by atoms with van der Waals surface area (Å²) in [6.45, 7) is 6.40. The predicted molar refractivity (Wildman–Crippen MR) is 218 cm³/mol. The second-order valence-electron chi connectivity index (χ2n) is 12.4. The summed E-state index contributed by atoms with van der Waals surface area (Å²) in [5.41, 5.74) is 2.56. The SMILES string of the molecule is CCC(C)Sc1ccc(NC(=O)c2ccccc2OCCOC)c(C(F)(F)F)c1.CCS(=O)c1ccccc1C(=O)OCc1ccc(-c2ccccc2C#N)cc1.